The van der Waals surface area contributed by atoms with E-state index >= 15 is 0 Å². The first-order valence-corrected chi connectivity index (χ1v) is 15.3. The molecule has 0 radical (unpaired) electrons. The van der Waals surface area contributed by atoms with E-state index in [9.17, 15) is 24.3 Å². The van der Waals surface area contributed by atoms with E-state index in [0.717, 1.165) is 0 Å². The lowest BCUT2D eigenvalue weighted by molar-refractivity contribution is -0.132. The highest BCUT2D eigenvalue weighted by atomic mass is 16.5. The fourth-order valence-corrected chi connectivity index (χ4v) is 4.86. The van der Waals surface area contributed by atoms with Gasteiger partial charge in [-0.2, -0.15) is 0 Å². The van der Waals surface area contributed by atoms with Gasteiger partial charge in [-0.05, 0) is 56.7 Å². The van der Waals surface area contributed by atoms with Crippen molar-refractivity contribution in [3.05, 3.63) is 35.7 Å². The van der Waals surface area contributed by atoms with E-state index in [-0.39, 0.29) is 37.1 Å². The topological polar surface area (TPSA) is 203 Å². The highest BCUT2D eigenvalue weighted by Crippen LogP contribution is 2.29. The molecule has 248 valence electrons. The smallest absolute Gasteiger partial charge is 0.252 e. The van der Waals surface area contributed by atoms with Gasteiger partial charge in [-0.1, -0.05) is 19.1 Å². The summed E-state index contributed by atoms with van der Waals surface area (Å²) in [6.07, 6.45) is 2.62. The number of nitrogens with zero attached hydrogens (tertiary/aromatic N) is 4. The minimum absolute atomic E-state index is 0.0283. The normalized spacial score (nSPS) is 20.2. The Hall–Kier alpha value is -4.24. The van der Waals surface area contributed by atoms with E-state index < -0.39 is 35.9 Å². The van der Waals surface area contributed by atoms with Crippen LogP contribution >= 0.6 is 0 Å². The summed E-state index contributed by atoms with van der Waals surface area (Å²) in [5, 5.41) is 26.8. The van der Waals surface area contributed by atoms with Crippen LogP contribution in [-0.4, -0.2) is 100 Å². The molecule has 0 saturated heterocycles. The zero-order valence-electron chi connectivity index (χ0n) is 26.5. The van der Waals surface area contributed by atoms with E-state index in [2.05, 4.69) is 26.3 Å². The summed E-state index contributed by atoms with van der Waals surface area (Å²) in [6, 6.07) is 2.43. The van der Waals surface area contributed by atoms with Crippen molar-refractivity contribution in [2.75, 3.05) is 33.3 Å². The number of aliphatic hydroxyl groups excluding tert-OH is 1. The van der Waals surface area contributed by atoms with Crippen molar-refractivity contribution in [3.8, 4) is 11.5 Å². The molecule has 2 heterocycles. The third-order valence-corrected chi connectivity index (χ3v) is 7.28. The number of amides is 4. The fourth-order valence-electron chi connectivity index (χ4n) is 4.86. The van der Waals surface area contributed by atoms with Gasteiger partial charge in [-0.25, -0.2) is 0 Å². The van der Waals surface area contributed by atoms with Gasteiger partial charge in [0.05, 0.1) is 26.0 Å². The quantitative estimate of drug-likeness (QED) is 0.298. The van der Waals surface area contributed by atoms with Crippen LogP contribution < -0.4 is 31.2 Å². The molecule has 4 bridgehead atoms. The molecule has 1 aromatic carbocycles. The number of carbonyl (C=O) groups is 4. The molecule has 45 heavy (non-hydrogen) atoms. The van der Waals surface area contributed by atoms with Crippen molar-refractivity contribution >= 4 is 23.6 Å². The number of aliphatic hydroxyl groups is 1. The van der Waals surface area contributed by atoms with Crippen LogP contribution in [0.25, 0.3) is 0 Å². The lowest BCUT2D eigenvalue weighted by atomic mass is 10.0. The number of aryl methyl sites for hydroxylation is 1. The Balaban J connectivity index is 1.87. The Morgan fingerprint density at radius 1 is 1.11 bits per heavy atom. The molecule has 6 N–H and O–H groups in total. The lowest BCUT2D eigenvalue weighted by Gasteiger charge is -2.26. The van der Waals surface area contributed by atoms with Gasteiger partial charge in [-0.15, -0.1) is 5.10 Å². The monoisotopic (exact) mass is 630 g/mol. The molecule has 1 aliphatic rings. The summed E-state index contributed by atoms with van der Waals surface area (Å²) in [5.41, 5.74) is 6.41. The van der Waals surface area contributed by atoms with Crippen LogP contribution in [0.2, 0.25) is 0 Å². The minimum Gasteiger partial charge on any atom is -0.493 e. The van der Waals surface area contributed by atoms with Crippen LogP contribution in [0.3, 0.4) is 0 Å². The Morgan fingerprint density at radius 2 is 1.87 bits per heavy atom. The van der Waals surface area contributed by atoms with Gasteiger partial charge in [0.25, 0.3) is 5.91 Å². The van der Waals surface area contributed by atoms with Gasteiger partial charge in [0.1, 0.15) is 24.4 Å². The van der Waals surface area contributed by atoms with Crippen LogP contribution in [0.4, 0.5) is 0 Å². The number of aromatic nitrogens is 3. The number of ether oxygens (including phenoxy) is 2. The molecule has 3 rings (SSSR count). The molecule has 15 nitrogen and oxygen atoms in total. The minimum atomic E-state index is -1.23. The number of benzene rings is 1. The molecular weight excluding hydrogens is 584 g/mol. The number of hydrogen-bond acceptors (Lipinski definition) is 10. The Bertz CT molecular complexity index is 1300. The largest absolute Gasteiger partial charge is 0.493 e. The Morgan fingerprint density at radius 3 is 2.56 bits per heavy atom. The SMILES string of the molecule is COc1ccc2cc1OCc1cn(nn1)CCCN(C(=O)CN)CCCCNC(=O)[C@H]([C@@H](C)O)NC(=O)[C@@H](CC(C)C)NC2=O. The first-order chi connectivity index (χ1) is 21.5. The fraction of sp³-hybridized carbons (Fsp3) is 0.600. The van der Waals surface area contributed by atoms with E-state index in [0.29, 0.717) is 62.5 Å². The predicted molar refractivity (Wildman–Crippen MR) is 164 cm³/mol. The van der Waals surface area contributed by atoms with Crippen molar-refractivity contribution in [3.63, 3.8) is 0 Å². The second kappa shape index (κ2) is 17.3. The van der Waals surface area contributed by atoms with Crippen molar-refractivity contribution in [2.24, 2.45) is 11.7 Å². The zero-order chi connectivity index (χ0) is 32.9. The van der Waals surface area contributed by atoms with Crippen LogP contribution in [0, 0.1) is 5.92 Å². The second-order valence-corrected chi connectivity index (χ2v) is 11.4. The molecule has 3 atom stereocenters. The van der Waals surface area contributed by atoms with E-state index in [4.69, 9.17) is 15.2 Å². The van der Waals surface area contributed by atoms with Crippen LogP contribution in [0.5, 0.6) is 11.5 Å². The average molecular weight is 631 g/mol. The maximum Gasteiger partial charge on any atom is 0.252 e. The molecule has 0 saturated carbocycles. The molecule has 1 aromatic heterocycles. The van der Waals surface area contributed by atoms with E-state index in [1.807, 2.05) is 13.8 Å². The number of rotatable bonds is 5. The molecule has 0 aliphatic carbocycles. The van der Waals surface area contributed by atoms with Gasteiger partial charge < -0.3 is 41.2 Å². The molecule has 15 heteroatoms. The first kappa shape index (κ1) is 35.2. The van der Waals surface area contributed by atoms with Crippen molar-refractivity contribution in [1.29, 1.82) is 0 Å². The number of carbonyl (C=O) groups excluding carboxylic acids is 4. The molecule has 0 unspecified atom stereocenters. The van der Waals surface area contributed by atoms with E-state index in [1.54, 1.807) is 27.9 Å². The second-order valence-electron chi connectivity index (χ2n) is 11.4. The summed E-state index contributed by atoms with van der Waals surface area (Å²) >= 11 is 0. The standard InChI is InChI=1S/C30H46N8O7/c1-19(2)14-23-29(42)34-27(20(3)39)30(43)32-10-5-6-11-37(26(40)16-31)12-7-13-38-17-22(35-36-38)18-45-25-15-21(28(41)33-23)8-9-24(25)44-4/h8-9,15,17,19-20,23,27,39H,5-7,10-14,16,18,31H2,1-4H3,(H,32,43)(H,33,41)(H,34,42)/t20-,23-,27+/m1/s1. The third kappa shape index (κ3) is 10.7. The maximum atomic E-state index is 13.4. The lowest BCUT2D eigenvalue weighted by Crippen LogP contribution is -2.57. The van der Waals surface area contributed by atoms with Crippen molar-refractivity contribution in [1.82, 2.24) is 35.8 Å². The highest BCUT2D eigenvalue weighted by molar-refractivity contribution is 5.99. The molecule has 1 aliphatic heterocycles. The summed E-state index contributed by atoms with van der Waals surface area (Å²) < 4.78 is 13.0. The molecule has 0 fully saturated rings. The van der Waals surface area contributed by atoms with Crippen molar-refractivity contribution in [2.45, 2.75) is 77.8 Å². The number of nitrogens with two attached hydrogens (primary N) is 1. The summed E-state index contributed by atoms with van der Waals surface area (Å²) in [5.74, 6) is -1.14. The van der Waals surface area contributed by atoms with Gasteiger partial charge in [0, 0.05) is 31.7 Å². The molecular formula is C30H46N8O7. The Labute approximate surface area is 263 Å². The van der Waals surface area contributed by atoms with Gasteiger partial charge in [0.15, 0.2) is 11.5 Å². The van der Waals surface area contributed by atoms with Crippen LogP contribution in [0.1, 0.15) is 62.5 Å². The Kier molecular flexibility index (Phi) is 13.5. The third-order valence-electron chi connectivity index (χ3n) is 7.28. The molecule has 0 spiro atoms. The van der Waals surface area contributed by atoms with Gasteiger partial charge in [-0.3, -0.25) is 23.9 Å². The average Bonchev–Trinajstić information content (AvgIpc) is 3.47. The predicted octanol–water partition coefficient (Wildman–Crippen LogP) is -0.0368. The zero-order valence-corrected chi connectivity index (χ0v) is 26.5. The summed E-state index contributed by atoms with van der Waals surface area (Å²) in [7, 11) is 1.48. The first-order valence-electron chi connectivity index (χ1n) is 15.3. The van der Waals surface area contributed by atoms with Crippen LogP contribution in [0.15, 0.2) is 24.4 Å². The van der Waals surface area contributed by atoms with Crippen LogP contribution in [-0.2, 0) is 27.5 Å². The van der Waals surface area contributed by atoms with E-state index in [1.165, 1.54) is 20.1 Å². The molecule has 4 amide bonds. The van der Waals surface area contributed by atoms with Gasteiger partial charge >= 0.3 is 0 Å². The highest BCUT2D eigenvalue weighted by Gasteiger charge is 2.30. The van der Waals surface area contributed by atoms with Gasteiger partial charge in [0.2, 0.25) is 17.7 Å². The summed E-state index contributed by atoms with van der Waals surface area (Å²) in [6.45, 7) is 6.87. The maximum absolute atomic E-state index is 13.4. The number of methoxy groups -OCH3 is 1. The number of hydrogen-bond donors (Lipinski definition) is 5. The number of nitrogens with one attached hydrogen (secondary N) is 3. The number of fused-ring (bicyclic) bond motifs is 4. The summed E-state index contributed by atoms with van der Waals surface area (Å²) in [4.78, 5) is 53.7. The van der Waals surface area contributed by atoms with Crippen molar-refractivity contribution < 1.29 is 33.8 Å². The molecule has 2 aromatic rings.